The first-order valence-corrected chi connectivity index (χ1v) is 17.3. The van der Waals surface area contributed by atoms with E-state index in [-0.39, 0.29) is 18.1 Å². The Balaban J connectivity index is 2.01. The van der Waals surface area contributed by atoms with Gasteiger partial charge in [-0.3, -0.25) is 14.5 Å². The number of unbranched alkanes of at least 4 members (excludes halogenated alkanes) is 1. The summed E-state index contributed by atoms with van der Waals surface area (Å²) in [5.74, 6) is -3.25. The van der Waals surface area contributed by atoms with Crippen molar-refractivity contribution in [2.24, 2.45) is 28.6 Å². The maximum atomic E-state index is 14.1. The van der Waals surface area contributed by atoms with E-state index in [1.165, 1.54) is 6.92 Å². The Labute approximate surface area is 284 Å². The van der Waals surface area contributed by atoms with Crippen LogP contribution in [0, 0.1) is 17.8 Å². The second kappa shape index (κ2) is 16.9. The number of hydrogen-bond acceptors (Lipinski definition) is 12. The first-order chi connectivity index (χ1) is 22.5. The van der Waals surface area contributed by atoms with Gasteiger partial charge in [-0.05, 0) is 84.7 Å². The third-order valence-electron chi connectivity index (χ3n) is 10.4. The average molecular weight is 683 g/mol. The monoisotopic (exact) mass is 682 g/mol. The van der Waals surface area contributed by atoms with Crippen LogP contribution in [0.2, 0.25) is 0 Å². The van der Waals surface area contributed by atoms with Crippen LogP contribution in [0.1, 0.15) is 87.5 Å². The van der Waals surface area contributed by atoms with Gasteiger partial charge in [-0.2, -0.15) is 0 Å². The number of amides is 1. The predicted molar refractivity (Wildman–Crippen MR) is 177 cm³/mol. The molecule has 0 spiro atoms. The van der Waals surface area contributed by atoms with Gasteiger partial charge in [0, 0.05) is 43.1 Å². The lowest BCUT2D eigenvalue weighted by atomic mass is 9.78. The number of rotatable bonds is 9. The molecule has 3 rings (SSSR count). The number of esters is 1. The zero-order chi connectivity index (χ0) is 36.0. The zero-order valence-electron chi connectivity index (χ0n) is 30.1. The molecule has 0 radical (unpaired) electrons. The van der Waals surface area contributed by atoms with E-state index in [0.717, 1.165) is 0 Å². The number of carbonyl (C=O) groups excluding carboxylic acids is 3. The van der Waals surface area contributed by atoms with Crippen molar-refractivity contribution in [3.63, 3.8) is 0 Å². The largest absolute Gasteiger partial charge is 0.458 e. The third kappa shape index (κ3) is 8.79. The maximum Gasteiger partial charge on any atom is 0.410 e. The number of methoxy groups -OCH3 is 1. The molecule has 15 heteroatoms. The van der Waals surface area contributed by atoms with Crippen LogP contribution >= 0.6 is 0 Å². The minimum Gasteiger partial charge on any atom is -0.458 e. The Morgan fingerprint density at radius 1 is 1.17 bits per heavy atom. The van der Waals surface area contributed by atoms with Crippen molar-refractivity contribution in [3.8, 4) is 0 Å². The summed E-state index contributed by atoms with van der Waals surface area (Å²) in [5, 5.41) is 18.1. The highest BCUT2D eigenvalue weighted by molar-refractivity contribution is 6.00. The fourth-order valence-electron chi connectivity index (χ4n) is 7.72. The van der Waals surface area contributed by atoms with Gasteiger partial charge in [-0.1, -0.05) is 25.9 Å². The molecule has 3 saturated heterocycles. The summed E-state index contributed by atoms with van der Waals surface area (Å²) >= 11 is 0. The molecule has 48 heavy (non-hydrogen) atoms. The summed E-state index contributed by atoms with van der Waals surface area (Å²) in [7, 11) is 1.55. The number of ether oxygens (including phenoxy) is 5. The molecule has 3 unspecified atom stereocenters. The lowest BCUT2D eigenvalue weighted by Crippen LogP contribution is -2.61. The van der Waals surface area contributed by atoms with Gasteiger partial charge in [0.1, 0.15) is 18.1 Å². The van der Waals surface area contributed by atoms with E-state index in [0.29, 0.717) is 51.7 Å². The summed E-state index contributed by atoms with van der Waals surface area (Å²) in [5.41, 5.74) is 12.5. The minimum absolute atomic E-state index is 0.0202. The van der Waals surface area contributed by atoms with Crippen molar-refractivity contribution in [1.82, 2.24) is 10.2 Å². The summed E-state index contributed by atoms with van der Waals surface area (Å²) in [4.78, 5) is 45.7. The maximum absolute atomic E-state index is 14.1. The van der Waals surface area contributed by atoms with E-state index in [1.54, 1.807) is 25.9 Å². The molecule has 0 aliphatic carbocycles. The molecule has 15 nitrogen and oxygen atoms in total. The lowest BCUT2D eigenvalue weighted by Gasteiger charge is -2.45. The van der Waals surface area contributed by atoms with Gasteiger partial charge in [0.25, 0.3) is 0 Å². The molecule has 13 atom stereocenters. The molecule has 0 saturated carbocycles. The van der Waals surface area contributed by atoms with E-state index < -0.39 is 77.6 Å². The van der Waals surface area contributed by atoms with Crippen LogP contribution in [0.25, 0.3) is 10.4 Å². The number of Topliss-reactive ketones (excluding diaryl/α,β-unsaturated/α-hetero) is 1. The third-order valence-corrected chi connectivity index (χ3v) is 10.4. The van der Waals surface area contributed by atoms with Crippen molar-refractivity contribution < 1.29 is 43.2 Å². The van der Waals surface area contributed by atoms with Crippen LogP contribution in [0.5, 0.6) is 0 Å². The number of ketones is 1. The standard InChI is InChI=1S/C33H58N6O9/c1-10-24-33(8)27(39(31(43)48-33)14-12-11-13-37-38-35)22(6)36-17-18(2)16-32(7,44-9)28(20(4)25(40)21(5)29(42)46-24)47-30-26(41)23(34)15-19(3)45-30/h18-24,26-28,30,36,41H,10-17,34H2,1-9H3/t18-,19?,20+,21-,22-,23?,24-,26?,27-,28-,30+,32-,33-/m1/s1. The number of aliphatic hydroxyl groups is 1. The number of nitrogens with two attached hydrogens (primary N) is 1. The number of fused-ring (bicyclic) bond motifs is 1. The molecule has 0 bridgehead atoms. The fourth-order valence-corrected chi connectivity index (χ4v) is 7.72. The smallest absolute Gasteiger partial charge is 0.410 e. The SMILES string of the molecule is CC[C@H]1OC(=O)[C@H](C)C(=O)[C@H](C)[C@@H](O[C@@H]2OC(C)CC(N)C2O)[C@](C)(OC)C[C@@H](C)CN[C@H](C)[C@H]2N(CCCCN=[N+]=[N-])C(=O)O[C@]12C. The summed E-state index contributed by atoms with van der Waals surface area (Å²) in [6.07, 6.45) is -2.41. The average Bonchev–Trinajstić information content (AvgIpc) is 3.30. The number of hydrogen-bond donors (Lipinski definition) is 3. The van der Waals surface area contributed by atoms with Crippen molar-refractivity contribution in [2.45, 2.75) is 148 Å². The van der Waals surface area contributed by atoms with Crippen molar-refractivity contribution in [3.05, 3.63) is 10.4 Å². The minimum atomic E-state index is -1.23. The van der Waals surface area contributed by atoms with E-state index in [1.807, 2.05) is 27.7 Å². The molecular weight excluding hydrogens is 624 g/mol. The molecule has 3 aliphatic heterocycles. The number of nitrogens with one attached hydrogen (secondary N) is 1. The molecule has 3 fully saturated rings. The topological polar surface area (TPSA) is 208 Å². The van der Waals surface area contributed by atoms with Crippen LogP contribution in [-0.2, 0) is 33.3 Å². The first kappa shape index (κ1) is 39.9. The van der Waals surface area contributed by atoms with Crippen molar-refractivity contribution in [2.75, 3.05) is 26.7 Å². The van der Waals surface area contributed by atoms with Crippen molar-refractivity contribution >= 4 is 17.8 Å². The van der Waals surface area contributed by atoms with Crippen molar-refractivity contribution in [1.29, 1.82) is 0 Å². The first-order valence-electron chi connectivity index (χ1n) is 17.3. The number of nitrogens with zero attached hydrogens (tertiary/aromatic N) is 4. The Morgan fingerprint density at radius 2 is 1.85 bits per heavy atom. The van der Waals surface area contributed by atoms with Crippen LogP contribution in [0.3, 0.4) is 0 Å². The number of aliphatic hydroxyl groups excluding tert-OH is 1. The molecule has 0 aromatic rings. The Hall–Kier alpha value is -2.52. The molecule has 274 valence electrons. The van der Waals surface area contributed by atoms with Crippen LogP contribution in [0.15, 0.2) is 5.11 Å². The van der Waals surface area contributed by atoms with Gasteiger partial charge in [0.05, 0.1) is 23.9 Å². The molecule has 0 aromatic carbocycles. The highest BCUT2D eigenvalue weighted by atomic mass is 16.7. The van der Waals surface area contributed by atoms with Gasteiger partial charge in [-0.15, -0.1) is 0 Å². The molecule has 1 amide bonds. The molecule has 0 aromatic heterocycles. The second-order valence-corrected chi connectivity index (χ2v) is 14.4. The van der Waals surface area contributed by atoms with Crippen LogP contribution in [-0.4, -0.2) is 115 Å². The van der Waals surface area contributed by atoms with Gasteiger partial charge in [0.2, 0.25) is 0 Å². The molecule has 3 heterocycles. The second-order valence-electron chi connectivity index (χ2n) is 14.4. The van der Waals surface area contributed by atoms with E-state index in [2.05, 4.69) is 22.3 Å². The highest BCUT2D eigenvalue weighted by Gasteiger charge is 2.58. The van der Waals surface area contributed by atoms with E-state index >= 15 is 0 Å². The lowest BCUT2D eigenvalue weighted by molar-refractivity contribution is -0.288. The highest BCUT2D eigenvalue weighted by Crippen LogP contribution is 2.40. The summed E-state index contributed by atoms with van der Waals surface area (Å²) in [6.45, 7) is 15.7. The molecule has 3 aliphatic rings. The summed E-state index contributed by atoms with van der Waals surface area (Å²) in [6, 6.07) is -1.40. The molecular formula is C33H58N6O9. The van der Waals surface area contributed by atoms with E-state index in [4.69, 9.17) is 34.9 Å². The predicted octanol–water partition coefficient (Wildman–Crippen LogP) is 3.45. The Kier molecular flexibility index (Phi) is 14.1. The Bertz CT molecular complexity index is 1170. The number of cyclic esters (lactones) is 1. The van der Waals surface area contributed by atoms with Gasteiger partial charge in [0.15, 0.2) is 17.7 Å². The number of azide groups is 1. The normalized spacial score (nSPS) is 41.8. The Morgan fingerprint density at radius 3 is 2.48 bits per heavy atom. The van der Waals surface area contributed by atoms with E-state index in [9.17, 15) is 19.5 Å². The number of carbonyl (C=O) groups is 3. The van der Waals surface area contributed by atoms with Gasteiger partial charge in [-0.25, -0.2) is 4.79 Å². The fraction of sp³-hybridized carbons (Fsp3) is 0.909. The molecule has 4 N–H and O–H groups in total. The van der Waals surface area contributed by atoms with Gasteiger partial charge < -0.3 is 39.8 Å². The zero-order valence-corrected chi connectivity index (χ0v) is 30.1. The van der Waals surface area contributed by atoms with Crippen LogP contribution < -0.4 is 11.1 Å². The van der Waals surface area contributed by atoms with Crippen LogP contribution in [0.4, 0.5) is 4.79 Å². The van der Waals surface area contributed by atoms with Gasteiger partial charge >= 0.3 is 12.1 Å². The summed E-state index contributed by atoms with van der Waals surface area (Å²) < 4.78 is 30.6. The quantitative estimate of drug-likeness (QED) is 0.0801.